The Balaban J connectivity index is 2.65. The van der Waals surface area contributed by atoms with Crippen LogP contribution in [0.2, 0.25) is 0 Å². The zero-order chi connectivity index (χ0) is 8.10. The van der Waals surface area contributed by atoms with Gasteiger partial charge in [-0.1, -0.05) is 17.3 Å². The van der Waals surface area contributed by atoms with Gasteiger partial charge in [-0.2, -0.15) is 0 Å². The molecule has 0 unspecified atom stereocenters. The Labute approximate surface area is 70.0 Å². The standard InChI is InChI=1S/C9H13NSi/c1-3-8(2)11-9-6-4-5-7-10-9/h3-7H,11H2,1-2H3. The van der Waals surface area contributed by atoms with Crippen molar-refractivity contribution in [3.63, 3.8) is 0 Å². The second-order valence-corrected chi connectivity index (χ2v) is 4.83. The molecule has 0 saturated heterocycles. The number of pyridine rings is 1. The average molecular weight is 163 g/mol. The normalized spacial score (nSPS) is 12.7. The van der Waals surface area contributed by atoms with Crippen molar-refractivity contribution in [3.8, 4) is 0 Å². The van der Waals surface area contributed by atoms with Crippen LogP contribution in [0, 0.1) is 0 Å². The number of hydrogen-bond donors (Lipinski definition) is 0. The summed E-state index contributed by atoms with van der Waals surface area (Å²) in [5, 5.41) is 2.78. The number of hydrogen-bond acceptors (Lipinski definition) is 1. The minimum absolute atomic E-state index is 0.237. The van der Waals surface area contributed by atoms with Crippen LogP contribution < -0.4 is 5.32 Å². The van der Waals surface area contributed by atoms with E-state index in [0.717, 1.165) is 0 Å². The first-order valence-corrected chi connectivity index (χ1v) is 5.26. The molecule has 1 rings (SSSR count). The summed E-state index contributed by atoms with van der Waals surface area (Å²) in [4.78, 5) is 4.29. The Kier molecular flexibility index (Phi) is 3.05. The lowest BCUT2D eigenvalue weighted by Gasteiger charge is -1.97. The Hall–Kier alpha value is -0.893. The van der Waals surface area contributed by atoms with Crippen LogP contribution in [0.3, 0.4) is 0 Å². The van der Waals surface area contributed by atoms with Crippen LogP contribution in [0.1, 0.15) is 13.8 Å². The van der Waals surface area contributed by atoms with Gasteiger partial charge in [-0.15, -0.1) is 0 Å². The molecular formula is C9H13NSi. The molecule has 0 N–H and O–H groups in total. The molecule has 0 aliphatic heterocycles. The van der Waals surface area contributed by atoms with Crippen LogP contribution >= 0.6 is 0 Å². The molecule has 0 amide bonds. The summed E-state index contributed by atoms with van der Waals surface area (Å²) in [6.45, 7) is 4.27. The highest BCUT2D eigenvalue weighted by atomic mass is 28.2. The summed E-state index contributed by atoms with van der Waals surface area (Å²) in [7, 11) is -0.237. The van der Waals surface area contributed by atoms with Gasteiger partial charge in [-0.25, -0.2) is 0 Å². The van der Waals surface area contributed by atoms with Gasteiger partial charge in [-0.3, -0.25) is 4.98 Å². The third kappa shape index (κ3) is 2.68. The largest absolute Gasteiger partial charge is 0.266 e. The Bertz CT molecular complexity index is 241. The predicted molar refractivity (Wildman–Crippen MR) is 51.8 cm³/mol. The fraction of sp³-hybridized carbons (Fsp3) is 0.222. The molecule has 0 radical (unpaired) electrons. The molecule has 0 saturated carbocycles. The lowest BCUT2D eigenvalue weighted by atomic mass is 10.5. The number of allylic oxidation sites excluding steroid dienone is 2. The Morgan fingerprint density at radius 3 is 2.91 bits per heavy atom. The molecular weight excluding hydrogens is 150 g/mol. The molecule has 11 heavy (non-hydrogen) atoms. The average Bonchev–Trinajstić information content (AvgIpc) is 2.06. The summed E-state index contributed by atoms with van der Waals surface area (Å²) in [6.07, 6.45) is 4.05. The fourth-order valence-electron chi connectivity index (χ4n) is 0.890. The van der Waals surface area contributed by atoms with Gasteiger partial charge < -0.3 is 0 Å². The van der Waals surface area contributed by atoms with E-state index in [1.165, 1.54) is 10.5 Å². The van der Waals surface area contributed by atoms with Crippen LogP contribution in [-0.4, -0.2) is 14.5 Å². The van der Waals surface area contributed by atoms with E-state index in [2.05, 4.69) is 37.0 Å². The predicted octanol–water partition coefficient (Wildman–Crippen LogP) is 0.799. The minimum Gasteiger partial charge on any atom is -0.266 e. The molecule has 0 bridgehead atoms. The maximum absolute atomic E-state index is 4.29. The van der Waals surface area contributed by atoms with Crippen molar-refractivity contribution in [2.24, 2.45) is 0 Å². The number of rotatable bonds is 2. The van der Waals surface area contributed by atoms with Crippen molar-refractivity contribution in [2.45, 2.75) is 13.8 Å². The highest BCUT2D eigenvalue weighted by Crippen LogP contribution is 1.87. The maximum Gasteiger partial charge on any atom is 0.105 e. The monoisotopic (exact) mass is 163 g/mol. The SMILES string of the molecule is CC=C(C)[SiH2]c1ccccn1. The molecule has 1 aromatic rings. The molecule has 0 atom stereocenters. The lowest BCUT2D eigenvalue weighted by Crippen LogP contribution is -2.18. The van der Waals surface area contributed by atoms with Crippen molar-refractivity contribution in [1.82, 2.24) is 4.98 Å². The van der Waals surface area contributed by atoms with E-state index in [1.807, 2.05) is 12.3 Å². The summed E-state index contributed by atoms with van der Waals surface area (Å²) in [5.41, 5.74) is 0. The second-order valence-electron chi connectivity index (χ2n) is 2.63. The van der Waals surface area contributed by atoms with Gasteiger partial charge in [0.25, 0.3) is 0 Å². The third-order valence-corrected chi connectivity index (χ3v) is 3.43. The molecule has 1 aromatic heterocycles. The zero-order valence-electron chi connectivity index (χ0n) is 7.04. The fourth-order valence-corrected chi connectivity index (χ4v) is 2.12. The summed E-state index contributed by atoms with van der Waals surface area (Å²) in [6, 6.07) is 6.13. The Morgan fingerprint density at radius 1 is 1.55 bits per heavy atom. The van der Waals surface area contributed by atoms with Crippen molar-refractivity contribution >= 4 is 14.8 Å². The summed E-state index contributed by atoms with van der Waals surface area (Å²) < 4.78 is 0. The molecule has 58 valence electrons. The maximum atomic E-state index is 4.29. The van der Waals surface area contributed by atoms with E-state index < -0.39 is 0 Å². The number of aromatic nitrogens is 1. The van der Waals surface area contributed by atoms with Crippen molar-refractivity contribution in [1.29, 1.82) is 0 Å². The first-order chi connectivity index (χ1) is 5.33. The summed E-state index contributed by atoms with van der Waals surface area (Å²) in [5.74, 6) is 0. The number of nitrogens with zero attached hydrogens (tertiary/aromatic N) is 1. The van der Waals surface area contributed by atoms with Crippen molar-refractivity contribution in [2.75, 3.05) is 0 Å². The molecule has 0 aliphatic carbocycles. The van der Waals surface area contributed by atoms with E-state index in [-0.39, 0.29) is 9.52 Å². The molecule has 0 fully saturated rings. The highest BCUT2D eigenvalue weighted by Gasteiger charge is 1.93. The third-order valence-electron chi connectivity index (χ3n) is 1.68. The summed E-state index contributed by atoms with van der Waals surface area (Å²) >= 11 is 0. The molecule has 1 nitrogen and oxygen atoms in total. The molecule has 0 aromatic carbocycles. The minimum atomic E-state index is -0.237. The van der Waals surface area contributed by atoms with Crippen LogP contribution in [-0.2, 0) is 0 Å². The van der Waals surface area contributed by atoms with Crippen LogP contribution in [0.25, 0.3) is 0 Å². The van der Waals surface area contributed by atoms with E-state index >= 15 is 0 Å². The van der Waals surface area contributed by atoms with Gasteiger partial charge in [0.05, 0.1) is 0 Å². The van der Waals surface area contributed by atoms with E-state index in [9.17, 15) is 0 Å². The van der Waals surface area contributed by atoms with Crippen molar-refractivity contribution in [3.05, 3.63) is 35.7 Å². The topological polar surface area (TPSA) is 12.9 Å². The first kappa shape index (κ1) is 8.21. The molecule has 0 spiro atoms. The van der Waals surface area contributed by atoms with E-state index in [0.29, 0.717) is 0 Å². The quantitative estimate of drug-likeness (QED) is 0.588. The van der Waals surface area contributed by atoms with Crippen LogP contribution in [0.15, 0.2) is 35.7 Å². The Morgan fingerprint density at radius 2 is 2.36 bits per heavy atom. The first-order valence-electron chi connectivity index (χ1n) is 3.84. The van der Waals surface area contributed by atoms with E-state index in [4.69, 9.17) is 0 Å². The van der Waals surface area contributed by atoms with Gasteiger partial charge in [0.2, 0.25) is 0 Å². The molecule has 1 heterocycles. The van der Waals surface area contributed by atoms with Crippen molar-refractivity contribution < 1.29 is 0 Å². The van der Waals surface area contributed by atoms with Gasteiger partial charge in [0, 0.05) is 11.5 Å². The highest BCUT2D eigenvalue weighted by molar-refractivity contribution is 6.59. The zero-order valence-corrected chi connectivity index (χ0v) is 8.46. The van der Waals surface area contributed by atoms with Crippen LogP contribution in [0.5, 0.6) is 0 Å². The van der Waals surface area contributed by atoms with Gasteiger partial charge >= 0.3 is 0 Å². The molecule has 2 heteroatoms. The van der Waals surface area contributed by atoms with Gasteiger partial charge in [0.15, 0.2) is 0 Å². The van der Waals surface area contributed by atoms with E-state index in [1.54, 1.807) is 0 Å². The molecule has 0 aliphatic rings. The van der Waals surface area contributed by atoms with Crippen LogP contribution in [0.4, 0.5) is 0 Å². The second kappa shape index (κ2) is 4.08. The smallest absolute Gasteiger partial charge is 0.105 e. The van der Waals surface area contributed by atoms with Gasteiger partial charge in [0.1, 0.15) is 9.52 Å². The van der Waals surface area contributed by atoms with Gasteiger partial charge in [-0.05, 0) is 26.0 Å². The lowest BCUT2D eigenvalue weighted by molar-refractivity contribution is 1.38.